The van der Waals surface area contributed by atoms with Gasteiger partial charge in [0.2, 0.25) is 17.7 Å². The third-order valence-electron chi connectivity index (χ3n) is 4.99. The largest absolute Gasteiger partial charge is 0.355 e. The van der Waals surface area contributed by atoms with Crippen molar-refractivity contribution in [3.63, 3.8) is 0 Å². The Kier molecular flexibility index (Phi) is 7.94. The molecule has 162 valence electrons. The lowest BCUT2D eigenvalue weighted by molar-refractivity contribution is -0.137. The van der Waals surface area contributed by atoms with Gasteiger partial charge in [-0.05, 0) is 35.1 Å². The van der Waals surface area contributed by atoms with E-state index in [9.17, 15) is 14.4 Å². The van der Waals surface area contributed by atoms with Crippen molar-refractivity contribution < 1.29 is 19.6 Å². The summed E-state index contributed by atoms with van der Waals surface area (Å²) in [6.45, 7) is 7.87. The van der Waals surface area contributed by atoms with Gasteiger partial charge in [-0.1, -0.05) is 63.2 Å². The highest BCUT2D eigenvalue weighted by Gasteiger charge is 2.34. The predicted molar refractivity (Wildman–Crippen MR) is 116 cm³/mol. The molecule has 0 aliphatic rings. The average Bonchev–Trinajstić information content (AvgIpc) is 2.70. The van der Waals surface area contributed by atoms with Crippen LogP contribution in [-0.4, -0.2) is 35.5 Å². The van der Waals surface area contributed by atoms with E-state index in [1.54, 1.807) is 5.48 Å². The van der Waals surface area contributed by atoms with Crippen molar-refractivity contribution in [1.82, 2.24) is 16.1 Å². The van der Waals surface area contributed by atoms with Gasteiger partial charge >= 0.3 is 0 Å². The van der Waals surface area contributed by atoms with Crippen LogP contribution < -0.4 is 16.1 Å². The smallest absolute Gasteiger partial charge is 0.244 e. The number of benzene rings is 2. The van der Waals surface area contributed by atoms with Gasteiger partial charge < -0.3 is 10.6 Å². The molecule has 2 unspecified atom stereocenters. The Hall–Kier alpha value is -2.93. The number of amides is 3. The monoisotopic (exact) mass is 413 g/mol. The number of rotatable bonds is 8. The molecule has 2 aromatic rings. The fourth-order valence-corrected chi connectivity index (χ4v) is 3.39. The Balaban J connectivity index is 2.26. The van der Waals surface area contributed by atoms with Crippen LogP contribution in [0.25, 0.3) is 10.8 Å². The third kappa shape index (κ3) is 6.29. The standard InChI is InChI=1S/C23H31N3O4/c1-5-24-22(29)20(23(2,3)4)25-21(28)18(14-19(27)26-30)13-15-10-11-16-8-6-7-9-17(16)12-15/h6-12,18,20,30H,5,13-14H2,1-4H3,(H,24,29)(H,25,28)(H,26,27). The van der Waals surface area contributed by atoms with E-state index in [0.29, 0.717) is 13.0 Å². The van der Waals surface area contributed by atoms with E-state index in [1.165, 1.54) is 0 Å². The second-order valence-corrected chi connectivity index (χ2v) is 8.52. The van der Waals surface area contributed by atoms with Crippen LogP contribution in [0.15, 0.2) is 42.5 Å². The lowest BCUT2D eigenvalue weighted by atomic mass is 9.85. The minimum atomic E-state index is -0.749. The summed E-state index contributed by atoms with van der Waals surface area (Å²) in [4.78, 5) is 37.4. The molecule has 0 heterocycles. The predicted octanol–water partition coefficient (Wildman–Crippen LogP) is 2.56. The van der Waals surface area contributed by atoms with Gasteiger partial charge in [0.25, 0.3) is 0 Å². The Labute approximate surface area is 177 Å². The van der Waals surface area contributed by atoms with Crippen LogP contribution in [0.5, 0.6) is 0 Å². The molecule has 2 aromatic carbocycles. The molecule has 2 rings (SSSR count). The summed E-state index contributed by atoms with van der Waals surface area (Å²) in [7, 11) is 0. The minimum Gasteiger partial charge on any atom is -0.355 e. The van der Waals surface area contributed by atoms with Crippen LogP contribution in [0.2, 0.25) is 0 Å². The maximum atomic E-state index is 13.1. The molecular weight excluding hydrogens is 382 g/mol. The van der Waals surface area contributed by atoms with Crippen molar-refractivity contribution >= 4 is 28.5 Å². The maximum Gasteiger partial charge on any atom is 0.244 e. The molecule has 0 aliphatic heterocycles. The van der Waals surface area contributed by atoms with Gasteiger partial charge in [0.15, 0.2) is 0 Å². The van der Waals surface area contributed by atoms with E-state index in [1.807, 2.05) is 70.2 Å². The quantitative estimate of drug-likeness (QED) is 0.394. The van der Waals surface area contributed by atoms with Gasteiger partial charge in [0, 0.05) is 13.0 Å². The molecule has 7 nitrogen and oxygen atoms in total. The van der Waals surface area contributed by atoms with Gasteiger partial charge in [0.1, 0.15) is 6.04 Å². The van der Waals surface area contributed by atoms with Crippen molar-refractivity contribution in [2.45, 2.75) is 46.6 Å². The zero-order valence-electron chi connectivity index (χ0n) is 18.0. The highest BCUT2D eigenvalue weighted by Crippen LogP contribution is 2.23. The number of carbonyl (C=O) groups is 3. The summed E-state index contributed by atoms with van der Waals surface area (Å²) in [5.41, 5.74) is 1.98. The fourth-order valence-electron chi connectivity index (χ4n) is 3.39. The number of hydroxylamine groups is 1. The van der Waals surface area contributed by atoms with Gasteiger partial charge in [0.05, 0.1) is 5.92 Å². The molecule has 0 radical (unpaired) electrons. The molecular formula is C23H31N3O4. The lowest BCUT2D eigenvalue weighted by Crippen LogP contribution is -2.55. The number of hydrogen-bond donors (Lipinski definition) is 4. The number of carbonyl (C=O) groups excluding carboxylic acids is 3. The molecule has 0 aromatic heterocycles. The Morgan fingerprint density at radius 2 is 1.67 bits per heavy atom. The van der Waals surface area contributed by atoms with Crippen molar-refractivity contribution in [3.8, 4) is 0 Å². The first-order chi connectivity index (χ1) is 14.2. The van der Waals surface area contributed by atoms with Gasteiger partial charge in [-0.3, -0.25) is 19.6 Å². The number of nitrogens with one attached hydrogen (secondary N) is 3. The van der Waals surface area contributed by atoms with E-state index in [0.717, 1.165) is 16.3 Å². The van der Waals surface area contributed by atoms with E-state index in [-0.39, 0.29) is 12.3 Å². The first kappa shape index (κ1) is 23.3. The maximum absolute atomic E-state index is 13.1. The van der Waals surface area contributed by atoms with Gasteiger partial charge in [-0.2, -0.15) is 0 Å². The number of hydrogen-bond acceptors (Lipinski definition) is 4. The number of likely N-dealkylation sites (N-methyl/N-ethyl adjacent to an activating group) is 1. The molecule has 0 spiro atoms. The topological polar surface area (TPSA) is 108 Å². The lowest BCUT2D eigenvalue weighted by Gasteiger charge is -2.31. The Bertz CT molecular complexity index is 905. The Morgan fingerprint density at radius 1 is 1.00 bits per heavy atom. The fraction of sp³-hybridized carbons (Fsp3) is 0.435. The second-order valence-electron chi connectivity index (χ2n) is 8.52. The summed E-state index contributed by atoms with van der Waals surface area (Å²) >= 11 is 0. The van der Waals surface area contributed by atoms with Crippen molar-refractivity contribution in [2.75, 3.05) is 6.54 Å². The SMILES string of the molecule is CCNC(=O)C(NC(=O)C(CC(=O)NO)Cc1ccc2ccccc2c1)C(C)(C)C. The van der Waals surface area contributed by atoms with Crippen LogP contribution in [0, 0.1) is 11.3 Å². The van der Waals surface area contributed by atoms with Crippen LogP contribution >= 0.6 is 0 Å². The zero-order chi connectivity index (χ0) is 22.3. The molecule has 30 heavy (non-hydrogen) atoms. The highest BCUT2D eigenvalue weighted by molar-refractivity contribution is 5.91. The highest BCUT2D eigenvalue weighted by atomic mass is 16.5. The van der Waals surface area contributed by atoms with Crippen LogP contribution in [0.1, 0.15) is 39.7 Å². The zero-order valence-corrected chi connectivity index (χ0v) is 18.0. The molecule has 7 heteroatoms. The molecule has 4 N–H and O–H groups in total. The van der Waals surface area contributed by atoms with Crippen molar-refractivity contribution in [1.29, 1.82) is 0 Å². The summed E-state index contributed by atoms with van der Waals surface area (Å²) in [5.74, 6) is -2.06. The molecule has 2 atom stereocenters. The number of fused-ring (bicyclic) bond motifs is 1. The summed E-state index contributed by atoms with van der Waals surface area (Å²) in [6.07, 6.45) is 0.109. The van der Waals surface area contributed by atoms with Crippen LogP contribution in [0.4, 0.5) is 0 Å². The van der Waals surface area contributed by atoms with E-state index in [2.05, 4.69) is 10.6 Å². The van der Waals surface area contributed by atoms with Gasteiger partial charge in [-0.25, -0.2) is 5.48 Å². The average molecular weight is 414 g/mol. The molecule has 0 fully saturated rings. The first-order valence-electron chi connectivity index (χ1n) is 10.1. The van der Waals surface area contributed by atoms with Crippen LogP contribution in [-0.2, 0) is 20.8 Å². The summed E-state index contributed by atoms with van der Waals surface area (Å²) in [5, 5.41) is 16.6. The third-order valence-corrected chi connectivity index (χ3v) is 4.99. The van der Waals surface area contributed by atoms with E-state index in [4.69, 9.17) is 5.21 Å². The van der Waals surface area contributed by atoms with Crippen LogP contribution in [0.3, 0.4) is 0 Å². The van der Waals surface area contributed by atoms with E-state index >= 15 is 0 Å². The van der Waals surface area contributed by atoms with Crippen molar-refractivity contribution in [3.05, 3.63) is 48.0 Å². The molecule has 0 saturated heterocycles. The first-order valence-corrected chi connectivity index (χ1v) is 10.1. The van der Waals surface area contributed by atoms with E-state index < -0.39 is 29.2 Å². The molecule has 0 aliphatic carbocycles. The summed E-state index contributed by atoms with van der Waals surface area (Å²) < 4.78 is 0. The van der Waals surface area contributed by atoms with Crippen molar-refractivity contribution in [2.24, 2.45) is 11.3 Å². The normalized spacial score (nSPS) is 13.4. The summed E-state index contributed by atoms with van der Waals surface area (Å²) in [6, 6.07) is 13.0. The van der Waals surface area contributed by atoms with Gasteiger partial charge in [-0.15, -0.1) is 0 Å². The minimum absolute atomic E-state index is 0.193. The Morgan fingerprint density at radius 3 is 2.27 bits per heavy atom. The molecule has 0 saturated carbocycles. The second kappa shape index (κ2) is 10.2. The molecule has 0 bridgehead atoms. The molecule has 3 amide bonds.